The van der Waals surface area contributed by atoms with Crippen LogP contribution in [0.5, 0.6) is 0 Å². The molecule has 0 amide bonds. The third-order valence-electron chi connectivity index (χ3n) is 5.50. The Morgan fingerprint density at radius 3 is 2.74 bits per heavy atom. The molecule has 2 aromatic rings. The minimum Gasteiger partial charge on any atom is -0.326 e. The first-order valence-electron chi connectivity index (χ1n) is 8.86. The molecule has 0 radical (unpaired) electrons. The van der Waals surface area contributed by atoms with Crippen LogP contribution in [0.4, 0.5) is 0 Å². The van der Waals surface area contributed by atoms with Crippen LogP contribution in [0.2, 0.25) is 0 Å². The molecule has 2 fully saturated rings. The van der Waals surface area contributed by atoms with Crippen LogP contribution in [-0.4, -0.2) is 22.5 Å². The maximum Gasteiger partial charge on any atom is 0.0705 e. The summed E-state index contributed by atoms with van der Waals surface area (Å²) in [5, 5.41) is 0. The van der Waals surface area contributed by atoms with Crippen LogP contribution >= 0.6 is 0 Å². The Morgan fingerprint density at radius 1 is 1.04 bits per heavy atom. The lowest BCUT2D eigenvalue weighted by Gasteiger charge is -2.34. The third-order valence-corrected chi connectivity index (χ3v) is 5.50. The van der Waals surface area contributed by atoms with Crippen molar-refractivity contribution in [3.63, 3.8) is 0 Å². The average molecular weight is 307 g/mol. The Bertz CT molecular complexity index is 665. The van der Waals surface area contributed by atoms with E-state index in [0.717, 1.165) is 17.3 Å². The van der Waals surface area contributed by atoms with E-state index in [9.17, 15) is 0 Å². The fourth-order valence-corrected chi connectivity index (χ4v) is 4.25. The quantitative estimate of drug-likeness (QED) is 0.935. The van der Waals surface area contributed by atoms with Gasteiger partial charge < -0.3 is 5.73 Å². The molecule has 1 aromatic carbocycles. The van der Waals surface area contributed by atoms with Crippen molar-refractivity contribution < 1.29 is 0 Å². The highest BCUT2D eigenvalue weighted by Gasteiger charge is 2.35. The van der Waals surface area contributed by atoms with Crippen LogP contribution in [0.1, 0.15) is 49.3 Å². The van der Waals surface area contributed by atoms with Gasteiger partial charge in [-0.15, -0.1) is 0 Å². The number of rotatable bonds is 3. The van der Waals surface area contributed by atoms with Crippen molar-refractivity contribution in [1.29, 1.82) is 0 Å². The molecule has 0 spiro atoms. The van der Waals surface area contributed by atoms with Crippen molar-refractivity contribution in [2.45, 2.75) is 50.7 Å². The van der Waals surface area contributed by atoms with Gasteiger partial charge in [0.1, 0.15) is 0 Å². The zero-order chi connectivity index (χ0) is 15.6. The molecule has 0 bridgehead atoms. The summed E-state index contributed by atoms with van der Waals surface area (Å²) in [6, 6.07) is 14.6. The number of benzene rings is 1. The van der Waals surface area contributed by atoms with E-state index >= 15 is 0 Å². The van der Waals surface area contributed by atoms with Gasteiger partial charge in [0.05, 0.1) is 5.69 Å². The summed E-state index contributed by atoms with van der Waals surface area (Å²) in [4.78, 5) is 7.23. The number of aromatic nitrogens is 1. The summed E-state index contributed by atoms with van der Waals surface area (Å²) in [6.07, 6.45) is 8.69. The van der Waals surface area contributed by atoms with E-state index in [0.29, 0.717) is 12.6 Å². The van der Waals surface area contributed by atoms with Gasteiger partial charge in [0.2, 0.25) is 0 Å². The largest absolute Gasteiger partial charge is 0.326 e. The zero-order valence-electron chi connectivity index (χ0n) is 13.6. The first-order valence-corrected chi connectivity index (χ1v) is 8.86. The molecule has 1 aromatic heterocycles. The van der Waals surface area contributed by atoms with Gasteiger partial charge in [-0.1, -0.05) is 30.7 Å². The second-order valence-corrected chi connectivity index (χ2v) is 6.86. The van der Waals surface area contributed by atoms with Gasteiger partial charge in [-0.2, -0.15) is 0 Å². The maximum absolute atomic E-state index is 5.73. The van der Waals surface area contributed by atoms with Gasteiger partial charge in [-0.05, 0) is 55.5 Å². The van der Waals surface area contributed by atoms with E-state index in [1.165, 1.54) is 49.8 Å². The normalized spacial score (nSPS) is 24.6. The topological polar surface area (TPSA) is 42.1 Å². The lowest BCUT2D eigenvalue weighted by Crippen LogP contribution is -2.35. The smallest absolute Gasteiger partial charge is 0.0705 e. The molecule has 0 saturated carbocycles. The number of pyridine rings is 1. The Hall–Kier alpha value is -1.71. The first-order chi connectivity index (χ1) is 11.3. The van der Waals surface area contributed by atoms with Gasteiger partial charge in [-0.25, -0.2) is 0 Å². The summed E-state index contributed by atoms with van der Waals surface area (Å²) in [6.45, 7) is 1.84. The molecule has 0 aliphatic carbocycles. The molecule has 3 heterocycles. The molecule has 4 rings (SSSR count). The Balaban J connectivity index is 1.56. The highest BCUT2D eigenvalue weighted by Crippen LogP contribution is 2.40. The van der Waals surface area contributed by atoms with Crippen molar-refractivity contribution in [3.8, 4) is 11.3 Å². The first kappa shape index (κ1) is 14.9. The lowest BCUT2D eigenvalue weighted by atomic mass is 10.0. The lowest BCUT2D eigenvalue weighted by molar-refractivity contribution is 0.150. The molecule has 120 valence electrons. The molecule has 3 heteroatoms. The van der Waals surface area contributed by atoms with Gasteiger partial charge in [0.15, 0.2) is 0 Å². The van der Waals surface area contributed by atoms with Crippen molar-refractivity contribution >= 4 is 0 Å². The summed E-state index contributed by atoms with van der Waals surface area (Å²) >= 11 is 0. The van der Waals surface area contributed by atoms with E-state index in [2.05, 4.69) is 40.2 Å². The molecular formula is C20H25N3. The Kier molecular flexibility index (Phi) is 4.15. The van der Waals surface area contributed by atoms with Gasteiger partial charge >= 0.3 is 0 Å². The summed E-state index contributed by atoms with van der Waals surface area (Å²) in [5.74, 6) is 0. The van der Waals surface area contributed by atoms with Crippen molar-refractivity contribution in [1.82, 2.24) is 9.88 Å². The molecule has 2 saturated heterocycles. The summed E-state index contributed by atoms with van der Waals surface area (Å²) in [5.41, 5.74) is 10.5. The SMILES string of the molecule is NCc1ccnc(-c2ccc(C3CCC4CCCCN43)cc2)c1. The zero-order valence-corrected chi connectivity index (χ0v) is 13.6. The van der Waals surface area contributed by atoms with Crippen LogP contribution in [0, 0.1) is 0 Å². The van der Waals surface area contributed by atoms with Crippen LogP contribution < -0.4 is 5.73 Å². The van der Waals surface area contributed by atoms with E-state index in [1.807, 2.05) is 12.3 Å². The number of hydrogen-bond donors (Lipinski definition) is 1. The fourth-order valence-electron chi connectivity index (χ4n) is 4.25. The van der Waals surface area contributed by atoms with Gasteiger partial charge in [-0.3, -0.25) is 9.88 Å². The van der Waals surface area contributed by atoms with E-state index in [-0.39, 0.29) is 0 Å². The van der Waals surface area contributed by atoms with E-state index in [1.54, 1.807) is 0 Å². The standard InChI is InChI=1S/C20H25N3/c21-14-15-10-11-22-19(13-15)16-4-6-17(7-5-16)20-9-8-18-3-1-2-12-23(18)20/h4-7,10-11,13,18,20H,1-3,8-9,12,14,21H2. The molecule has 2 N–H and O–H groups in total. The van der Waals surface area contributed by atoms with Crippen LogP contribution in [0.25, 0.3) is 11.3 Å². The number of hydrogen-bond acceptors (Lipinski definition) is 3. The average Bonchev–Trinajstić information content (AvgIpc) is 3.06. The molecule has 2 aliphatic rings. The predicted molar refractivity (Wildman–Crippen MR) is 93.9 cm³/mol. The van der Waals surface area contributed by atoms with E-state index < -0.39 is 0 Å². The van der Waals surface area contributed by atoms with Crippen LogP contribution in [0.15, 0.2) is 42.6 Å². The Labute approximate surface area is 138 Å². The van der Waals surface area contributed by atoms with Crippen molar-refractivity contribution in [2.24, 2.45) is 5.73 Å². The monoisotopic (exact) mass is 307 g/mol. The second-order valence-electron chi connectivity index (χ2n) is 6.86. The fraction of sp³-hybridized carbons (Fsp3) is 0.450. The molecular weight excluding hydrogens is 282 g/mol. The number of nitrogens with two attached hydrogens (primary N) is 1. The highest BCUT2D eigenvalue weighted by molar-refractivity contribution is 5.60. The molecule has 2 atom stereocenters. The summed E-state index contributed by atoms with van der Waals surface area (Å²) < 4.78 is 0. The maximum atomic E-state index is 5.73. The van der Waals surface area contributed by atoms with Gasteiger partial charge in [0.25, 0.3) is 0 Å². The minimum absolute atomic E-state index is 0.562. The van der Waals surface area contributed by atoms with Gasteiger partial charge in [0, 0.05) is 30.4 Å². The third kappa shape index (κ3) is 2.91. The molecule has 2 aliphatic heterocycles. The second kappa shape index (κ2) is 6.42. The molecule has 23 heavy (non-hydrogen) atoms. The highest BCUT2D eigenvalue weighted by atomic mass is 15.2. The predicted octanol–water partition coefficient (Wildman–Crippen LogP) is 3.90. The summed E-state index contributed by atoms with van der Waals surface area (Å²) in [7, 11) is 0. The van der Waals surface area contributed by atoms with Crippen LogP contribution in [-0.2, 0) is 6.54 Å². The van der Waals surface area contributed by atoms with Crippen molar-refractivity contribution in [3.05, 3.63) is 53.7 Å². The van der Waals surface area contributed by atoms with Crippen LogP contribution in [0.3, 0.4) is 0 Å². The number of fused-ring (bicyclic) bond motifs is 1. The Morgan fingerprint density at radius 2 is 1.91 bits per heavy atom. The molecule has 2 unspecified atom stereocenters. The number of nitrogens with zero attached hydrogens (tertiary/aromatic N) is 2. The van der Waals surface area contributed by atoms with E-state index in [4.69, 9.17) is 5.73 Å². The minimum atomic E-state index is 0.562. The van der Waals surface area contributed by atoms with Crippen molar-refractivity contribution in [2.75, 3.05) is 6.54 Å². The number of piperidine rings is 1. The molecule has 3 nitrogen and oxygen atoms in total.